The molecule has 4 aromatic rings. The zero-order chi connectivity index (χ0) is 30.7. The molecule has 2 aromatic carbocycles. The Labute approximate surface area is 255 Å². The van der Waals surface area contributed by atoms with E-state index >= 15 is 0 Å². The second kappa shape index (κ2) is 16.0. The van der Waals surface area contributed by atoms with E-state index in [-0.39, 0.29) is 29.8 Å². The van der Waals surface area contributed by atoms with Crippen LogP contribution >= 0.6 is 18.5 Å². The maximum absolute atomic E-state index is 12.1. The molecule has 2 heterocycles. The van der Waals surface area contributed by atoms with Gasteiger partial charge in [-0.25, -0.2) is 9.97 Å². The minimum Gasteiger partial charge on any atom is -0.473 e. The van der Waals surface area contributed by atoms with Gasteiger partial charge in [0.05, 0.1) is 27.9 Å². The molecule has 1 saturated carbocycles. The van der Waals surface area contributed by atoms with Crippen LogP contribution in [0.3, 0.4) is 0 Å². The molecular formula is C34H45N2O4PS. The number of esters is 1. The molecule has 1 aliphatic carbocycles. The van der Waals surface area contributed by atoms with Crippen LogP contribution in [0.25, 0.3) is 21.6 Å². The summed E-state index contributed by atoms with van der Waals surface area (Å²) in [6.45, 7) is 13.6. The summed E-state index contributed by atoms with van der Waals surface area (Å²) in [5.74, 6) is 0.587. The molecule has 0 N–H and O–H groups in total. The van der Waals surface area contributed by atoms with Crippen LogP contribution in [0.15, 0.2) is 72.1 Å². The van der Waals surface area contributed by atoms with Gasteiger partial charge in [-0.05, 0) is 69.8 Å². The van der Waals surface area contributed by atoms with Crippen molar-refractivity contribution in [2.24, 2.45) is 5.92 Å². The molecule has 6 nitrogen and oxygen atoms in total. The normalized spacial score (nSPS) is 14.6. The molecule has 0 aliphatic heterocycles. The number of hydrogen-bond acceptors (Lipinski definition) is 7. The molecule has 42 heavy (non-hydrogen) atoms. The lowest BCUT2D eigenvalue weighted by Crippen LogP contribution is -2.18. The highest BCUT2D eigenvalue weighted by molar-refractivity contribution is 7.71. The van der Waals surface area contributed by atoms with Gasteiger partial charge in [0.2, 0.25) is 5.88 Å². The standard InChI is InChI=1S/C15H14N2OS.C10H15OP.C9H16O2/c1-10(2)18-15-14(13-8-5-9-19-13)16-11-6-3-4-7-12(11)17-15;1-9(2)12(3,11)10-7-5-4-6-8-10;1-7(2)9(10)11-8-5-3-4-6-8/h3-10H,1-2H3;4-9H,1-3H3;7-8H,3-6H2,1-2H3. The largest absolute Gasteiger partial charge is 0.473 e. The molecule has 1 unspecified atom stereocenters. The number of nitrogens with zero attached hydrogens (tertiary/aromatic N) is 2. The lowest BCUT2D eigenvalue weighted by Gasteiger charge is -2.16. The van der Waals surface area contributed by atoms with Gasteiger partial charge in [-0.2, -0.15) is 0 Å². The van der Waals surface area contributed by atoms with E-state index in [1.165, 1.54) is 12.8 Å². The fraction of sp³-hybridized carbons (Fsp3) is 0.441. The van der Waals surface area contributed by atoms with Crippen molar-refractivity contribution in [2.75, 3.05) is 6.66 Å². The first-order chi connectivity index (χ1) is 20.0. The Morgan fingerprint density at radius 3 is 1.98 bits per heavy atom. The van der Waals surface area contributed by atoms with E-state index in [2.05, 4.69) is 4.98 Å². The summed E-state index contributed by atoms with van der Waals surface area (Å²) in [5, 5.41) is 3.02. The van der Waals surface area contributed by atoms with Crippen LogP contribution in [-0.2, 0) is 14.1 Å². The Morgan fingerprint density at radius 1 is 0.857 bits per heavy atom. The average molecular weight is 609 g/mol. The summed E-state index contributed by atoms with van der Waals surface area (Å²) in [6, 6.07) is 21.6. The molecule has 0 saturated heterocycles. The number of carbonyl (C=O) groups is 1. The third-order valence-corrected chi connectivity index (χ3v) is 11.1. The van der Waals surface area contributed by atoms with Crippen molar-refractivity contribution in [1.82, 2.24) is 9.97 Å². The molecule has 0 amide bonds. The minimum atomic E-state index is -2.12. The number of fused-ring (bicyclic) bond motifs is 1. The van der Waals surface area contributed by atoms with Crippen LogP contribution in [0, 0.1) is 5.92 Å². The second-order valence-corrected chi connectivity index (χ2v) is 15.9. The summed E-state index contributed by atoms with van der Waals surface area (Å²) in [4.78, 5) is 21.4. The van der Waals surface area contributed by atoms with E-state index < -0.39 is 7.14 Å². The summed E-state index contributed by atoms with van der Waals surface area (Å²) >= 11 is 1.64. The minimum absolute atomic E-state index is 0.0237. The number of benzene rings is 2. The van der Waals surface area contributed by atoms with Crippen LogP contribution in [0.4, 0.5) is 0 Å². The van der Waals surface area contributed by atoms with Crippen LogP contribution in [-0.4, -0.2) is 40.5 Å². The van der Waals surface area contributed by atoms with Crippen molar-refractivity contribution in [3.8, 4) is 16.5 Å². The smallest absolute Gasteiger partial charge is 0.308 e. The summed E-state index contributed by atoms with van der Waals surface area (Å²) in [6.07, 6.45) is 4.88. The number of carbonyl (C=O) groups excluding carboxylic acids is 1. The van der Waals surface area contributed by atoms with Crippen molar-refractivity contribution in [1.29, 1.82) is 0 Å². The number of ether oxygens (including phenoxy) is 2. The van der Waals surface area contributed by atoms with E-state index in [4.69, 9.17) is 14.5 Å². The molecule has 1 atom stereocenters. The van der Waals surface area contributed by atoms with Gasteiger partial charge >= 0.3 is 5.97 Å². The van der Waals surface area contributed by atoms with E-state index in [1.807, 2.05) is 120 Å². The lowest BCUT2D eigenvalue weighted by atomic mass is 10.2. The van der Waals surface area contributed by atoms with Crippen LogP contribution in [0.2, 0.25) is 0 Å². The van der Waals surface area contributed by atoms with Gasteiger partial charge in [0, 0.05) is 11.0 Å². The highest BCUT2D eigenvalue weighted by atomic mass is 32.1. The molecular weight excluding hydrogens is 563 g/mol. The van der Waals surface area contributed by atoms with Crippen molar-refractivity contribution in [3.63, 3.8) is 0 Å². The highest BCUT2D eigenvalue weighted by Gasteiger charge is 2.22. The van der Waals surface area contributed by atoms with Crippen molar-refractivity contribution < 1.29 is 18.8 Å². The van der Waals surface area contributed by atoms with Crippen molar-refractivity contribution in [2.45, 2.75) is 85.1 Å². The van der Waals surface area contributed by atoms with Gasteiger partial charge in [-0.3, -0.25) is 4.79 Å². The Morgan fingerprint density at radius 2 is 1.45 bits per heavy atom. The molecule has 2 aromatic heterocycles. The third-order valence-electron chi connectivity index (χ3n) is 6.95. The Kier molecular flexibility index (Phi) is 12.8. The van der Waals surface area contributed by atoms with Crippen LogP contribution in [0.5, 0.6) is 5.88 Å². The molecule has 0 radical (unpaired) electrons. The van der Waals surface area contributed by atoms with E-state index in [1.54, 1.807) is 11.3 Å². The van der Waals surface area contributed by atoms with Crippen LogP contribution < -0.4 is 10.0 Å². The fourth-order valence-corrected chi connectivity index (χ4v) is 6.26. The van der Waals surface area contributed by atoms with Gasteiger partial charge in [-0.15, -0.1) is 11.3 Å². The van der Waals surface area contributed by atoms with Gasteiger partial charge in [0.25, 0.3) is 0 Å². The summed E-state index contributed by atoms with van der Waals surface area (Å²) < 4.78 is 23.2. The number of thiophene rings is 1. The number of hydrogen-bond donors (Lipinski definition) is 0. The van der Waals surface area contributed by atoms with Gasteiger partial charge in [-0.1, -0.05) is 76.2 Å². The predicted octanol–water partition coefficient (Wildman–Crippen LogP) is 8.99. The second-order valence-electron chi connectivity index (χ2n) is 11.4. The number of para-hydroxylation sites is 2. The fourth-order valence-electron chi connectivity index (χ4n) is 4.19. The van der Waals surface area contributed by atoms with E-state index in [0.717, 1.165) is 39.8 Å². The molecule has 0 spiro atoms. The Balaban J connectivity index is 0.000000183. The molecule has 8 heteroatoms. The quantitative estimate of drug-likeness (QED) is 0.154. The average Bonchev–Trinajstić information content (AvgIpc) is 3.68. The molecule has 1 aliphatic rings. The summed E-state index contributed by atoms with van der Waals surface area (Å²) in [7, 11) is -2.12. The zero-order valence-corrected chi connectivity index (χ0v) is 27.7. The molecule has 226 valence electrons. The zero-order valence-electron chi connectivity index (χ0n) is 25.9. The molecule has 0 bridgehead atoms. The summed E-state index contributed by atoms with van der Waals surface area (Å²) in [5.41, 5.74) is 2.81. The number of aromatic nitrogens is 2. The Bertz CT molecular complexity index is 1430. The SMILES string of the molecule is CC(C)C(=O)OC1CCCC1.CC(C)Oc1nc2ccccc2nc1-c1cccs1.CC(C)P(C)(=O)c1ccccc1. The van der Waals surface area contributed by atoms with E-state index in [9.17, 15) is 9.36 Å². The highest BCUT2D eigenvalue weighted by Crippen LogP contribution is 2.44. The first kappa shape index (κ1) is 33.5. The lowest BCUT2D eigenvalue weighted by molar-refractivity contribution is -0.152. The van der Waals surface area contributed by atoms with Gasteiger partial charge in [0.1, 0.15) is 18.9 Å². The van der Waals surface area contributed by atoms with Gasteiger partial charge < -0.3 is 14.0 Å². The van der Waals surface area contributed by atoms with Crippen LogP contribution in [0.1, 0.15) is 67.2 Å². The maximum Gasteiger partial charge on any atom is 0.308 e. The first-order valence-corrected chi connectivity index (χ1v) is 17.9. The predicted molar refractivity (Wildman–Crippen MR) is 177 cm³/mol. The topological polar surface area (TPSA) is 78.4 Å². The van der Waals surface area contributed by atoms with Crippen molar-refractivity contribution in [3.05, 3.63) is 72.1 Å². The van der Waals surface area contributed by atoms with E-state index in [0.29, 0.717) is 5.88 Å². The third kappa shape index (κ3) is 9.78. The van der Waals surface area contributed by atoms with Gasteiger partial charge in [0.15, 0.2) is 0 Å². The molecule has 5 rings (SSSR count). The monoisotopic (exact) mass is 608 g/mol. The maximum atomic E-state index is 12.1. The van der Waals surface area contributed by atoms with Crippen molar-refractivity contribution >= 4 is 40.8 Å². The molecule has 1 fully saturated rings. The Hall–Kier alpha value is -3.02. The first-order valence-electron chi connectivity index (χ1n) is 14.8. The number of rotatable bonds is 7.